The number of aromatic nitrogens is 1. The zero-order valence-corrected chi connectivity index (χ0v) is 20.1. The molecular weight excluding hydrogens is 396 g/mol. The Balaban J connectivity index is 1.87. The van der Waals surface area contributed by atoms with Crippen LogP contribution < -0.4 is 10.1 Å². The van der Waals surface area contributed by atoms with Gasteiger partial charge in [-0.15, -0.1) is 0 Å². The highest BCUT2D eigenvalue weighted by Crippen LogP contribution is 2.23. The monoisotopic (exact) mass is 434 g/mol. The lowest BCUT2D eigenvalue weighted by atomic mass is 9.99. The fourth-order valence-corrected chi connectivity index (χ4v) is 3.69. The van der Waals surface area contributed by atoms with Crippen molar-refractivity contribution < 1.29 is 9.53 Å². The summed E-state index contributed by atoms with van der Waals surface area (Å²) in [7, 11) is 1.68. The topological polar surface area (TPSA) is 51.2 Å². The van der Waals surface area contributed by atoms with Gasteiger partial charge in [0.25, 0.3) is 0 Å². The van der Waals surface area contributed by atoms with Crippen molar-refractivity contribution in [2.45, 2.75) is 71.8 Å². The van der Waals surface area contributed by atoms with E-state index in [1.807, 2.05) is 37.4 Å². The molecule has 0 saturated heterocycles. The Morgan fingerprint density at radius 1 is 1.16 bits per heavy atom. The first-order valence-corrected chi connectivity index (χ1v) is 11.8. The van der Waals surface area contributed by atoms with Crippen molar-refractivity contribution in [2.24, 2.45) is 0 Å². The number of hydrogen-bond donors (Lipinski definition) is 1. The van der Waals surface area contributed by atoms with Gasteiger partial charge in [0.2, 0.25) is 5.91 Å². The molecule has 1 heterocycles. The molecule has 0 aliphatic carbocycles. The minimum atomic E-state index is -0.0473. The predicted molar refractivity (Wildman–Crippen MR) is 134 cm³/mol. The molecule has 0 aliphatic heterocycles. The predicted octanol–water partition coefficient (Wildman–Crippen LogP) is 6.45. The van der Waals surface area contributed by atoms with E-state index >= 15 is 0 Å². The summed E-state index contributed by atoms with van der Waals surface area (Å²) in [6.45, 7) is 6.31. The lowest BCUT2D eigenvalue weighted by molar-refractivity contribution is -0.117. The van der Waals surface area contributed by atoms with Crippen LogP contribution in [-0.2, 0) is 11.2 Å². The summed E-state index contributed by atoms with van der Waals surface area (Å²) >= 11 is 0. The third-order valence-corrected chi connectivity index (χ3v) is 5.64. The Labute approximate surface area is 193 Å². The molecule has 1 aromatic carbocycles. The van der Waals surface area contributed by atoms with Crippen molar-refractivity contribution in [3.8, 4) is 5.75 Å². The van der Waals surface area contributed by atoms with E-state index in [9.17, 15) is 4.79 Å². The molecule has 0 spiro atoms. The number of carbonyl (C=O) groups excluding carboxylic acids is 1. The molecule has 0 aliphatic rings. The second-order valence-corrected chi connectivity index (χ2v) is 8.29. The first-order chi connectivity index (χ1) is 15.5. The first kappa shape index (κ1) is 25.4. The summed E-state index contributed by atoms with van der Waals surface area (Å²) in [5.74, 6) is 0.804. The van der Waals surface area contributed by atoms with Crippen molar-refractivity contribution >= 4 is 11.5 Å². The average Bonchev–Trinajstić information content (AvgIpc) is 2.79. The molecule has 2 rings (SSSR count). The van der Waals surface area contributed by atoms with Gasteiger partial charge in [-0.1, -0.05) is 50.1 Å². The first-order valence-electron chi connectivity index (χ1n) is 11.8. The van der Waals surface area contributed by atoms with Gasteiger partial charge in [-0.05, 0) is 80.9 Å². The van der Waals surface area contributed by atoms with E-state index in [4.69, 9.17) is 4.74 Å². The summed E-state index contributed by atoms with van der Waals surface area (Å²) in [5.41, 5.74) is 4.78. The molecule has 1 aromatic heterocycles. The maximum absolute atomic E-state index is 12.3. The molecule has 0 bridgehead atoms. The quantitative estimate of drug-likeness (QED) is 0.224. The van der Waals surface area contributed by atoms with Crippen LogP contribution in [0.15, 0.2) is 60.8 Å². The van der Waals surface area contributed by atoms with Crippen LogP contribution >= 0.6 is 0 Å². The molecule has 0 radical (unpaired) electrons. The molecule has 172 valence electrons. The third-order valence-electron chi connectivity index (χ3n) is 5.64. The van der Waals surface area contributed by atoms with E-state index in [1.165, 1.54) is 29.5 Å². The molecule has 32 heavy (non-hydrogen) atoms. The number of unbranched alkanes of at least 4 members (excludes halogenated alkanes) is 2. The fraction of sp³-hybridized carbons (Fsp3) is 0.429. The smallest absolute Gasteiger partial charge is 0.244 e. The Morgan fingerprint density at radius 2 is 1.94 bits per heavy atom. The number of methoxy groups -OCH3 is 1. The molecular formula is C28H38N2O2. The fourth-order valence-electron chi connectivity index (χ4n) is 3.69. The summed E-state index contributed by atoms with van der Waals surface area (Å²) in [6, 6.07) is 12.4. The maximum atomic E-state index is 12.3. The number of amides is 1. The van der Waals surface area contributed by atoms with Crippen molar-refractivity contribution in [1.29, 1.82) is 0 Å². The van der Waals surface area contributed by atoms with Crippen molar-refractivity contribution in [1.82, 2.24) is 10.3 Å². The minimum Gasteiger partial charge on any atom is -0.497 e. The van der Waals surface area contributed by atoms with Crippen LogP contribution in [0.3, 0.4) is 0 Å². The number of nitrogens with one attached hydrogen (secondary N) is 1. The molecule has 0 saturated carbocycles. The molecule has 0 fully saturated rings. The van der Waals surface area contributed by atoms with Gasteiger partial charge in [-0.25, -0.2) is 0 Å². The second-order valence-electron chi connectivity index (χ2n) is 8.29. The van der Waals surface area contributed by atoms with E-state index in [1.54, 1.807) is 13.2 Å². The lowest BCUT2D eigenvalue weighted by Crippen LogP contribution is -2.31. The van der Waals surface area contributed by atoms with Crippen LogP contribution in [-0.4, -0.2) is 24.0 Å². The zero-order chi connectivity index (χ0) is 23.2. The molecule has 4 heteroatoms. The molecule has 1 atom stereocenters. The number of ether oxygens (including phenoxy) is 1. The van der Waals surface area contributed by atoms with Crippen molar-refractivity contribution in [3.05, 3.63) is 77.6 Å². The number of nitrogens with zero attached hydrogens (tertiary/aromatic N) is 1. The van der Waals surface area contributed by atoms with Crippen LogP contribution in [0.5, 0.6) is 5.75 Å². The van der Waals surface area contributed by atoms with E-state index in [0.29, 0.717) is 0 Å². The van der Waals surface area contributed by atoms with Gasteiger partial charge >= 0.3 is 0 Å². The van der Waals surface area contributed by atoms with Gasteiger partial charge in [0.15, 0.2) is 0 Å². The van der Waals surface area contributed by atoms with Crippen LogP contribution in [0.25, 0.3) is 5.57 Å². The number of aryl methyl sites for hydroxylation is 2. The average molecular weight is 435 g/mol. The van der Waals surface area contributed by atoms with Crippen molar-refractivity contribution in [3.63, 3.8) is 0 Å². The third kappa shape index (κ3) is 9.09. The van der Waals surface area contributed by atoms with E-state index in [0.717, 1.165) is 43.5 Å². The normalized spacial score (nSPS) is 12.7. The largest absolute Gasteiger partial charge is 0.497 e. The summed E-state index contributed by atoms with van der Waals surface area (Å²) in [4.78, 5) is 16.7. The number of allylic oxidation sites excluding steroid dienone is 3. The Hall–Kier alpha value is -2.88. The van der Waals surface area contributed by atoms with Gasteiger partial charge in [0.1, 0.15) is 5.75 Å². The number of hydrogen-bond acceptors (Lipinski definition) is 3. The molecule has 2 aromatic rings. The zero-order valence-electron chi connectivity index (χ0n) is 20.1. The summed E-state index contributed by atoms with van der Waals surface area (Å²) < 4.78 is 5.27. The minimum absolute atomic E-state index is 0.0473. The van der Waals surface area contributed by atoms with Gasteiger partial charge in [0.05, 0.1) is 7.11 Å². The Morgan fingerprint density at radius 3 is 2.62 bits per heavy atom. The molecule has 4 nitrogen and oxygen atoms in total. The molecule has 1 N–H and O–H groups in total. The summed E-state index contributed by atoms with van der Waals surface area (Å²) in [6.07, 6.45) is 14.9. The number of pyridine rings is 1. The number of rotatable bonds is 13. The van der Waals surface area contributed by atoms with Crippen LogP contribution in [0.1, 0.15) is 69.2 Å². The Bertz CT molecular complexity index is 885. The molecule has 0 unspecified atom stereocenters. The van der Waals surface area contributed by atoms with E-state index in [2.05, 4.69) is 48.4 Å². The van der Waals surface area contributed by atoms with E-state index in [-0.39, 0.29) is 11.9 Å². The van der Waals surface area contributed by atoms with Crippen molar-refractivity contribution in [2.75, 3.05) is 7.11 Å². The van der Waals surface area contributed by atoms with Gasteiger partial charge in [-0.2, -0.15) is 0 Å². The lowest BCUT2D eigenvalue weighted by Gasteiger charge is -2.12. The molecule has 1 amide bonds. The van der Waals surface area contributed by atoms with Crippen LogP contribution in [0.2, 0.25) is 0 Å². The highest BCUT2D eigenvalue weighted by molar-refractivity contribution is 5.88. The summed E-state index contributed by atoms with van der Waals surface area (Å²) in [5, 5.41) is 3.07. The standard InChI is InChI=1S/C28H38N2O2/c1-5-6-7-12-25(26-17-19-27(32-4)20-18-26)14-9-16-28(31)30-22(2)11-8-13-24-15-10-21-29-23(24)3/h9-10,14-22H,5-8,11-13H2,1-4H3,(H,30,31)/b16-9+,25-14+/t22-/m1/s1. The van der Waals surface area contributed by atoms with Gasteiger partial charge < -0.3 is 10.1 Å². The van der Waals surface area contributed by atoms with Crippen LogP contribution in [0, 0.1) is 6.92 Å². The van der Waals surface area contributed by atoms with Gasteiger partial charge in [0, 0.05) is 24.0 Å². The SMILES string of the molecule is CCCCC/C(=C\C=C\C(=O)N[C@H](C)CCCc1cccnc1C)c1ccc(OC)cc1. The van der Waals surface area contributed by atoms with Gasteiger partial charge in [-0.3, -0.25) is 9.78 Å². The number of carbonyl (C=O) groups is 1. The van der Waals surface area contributed by atoms with Crippen LogP contribution in [0.4, 0.5) is 0 Å². The highest BCUT2D eigenvalue weighted by Gasteiger charge is 2.06. The Kier molecular flexibility index (Phi) is 11.3. The highest BCUT2D eigenvalue weighted by atomic mass is 16.5. The van der Waals surface area contributed by atoms with E-state index < -0.39 is 0 Å². The maximum Gasteiger partial charge on any atom is 0.244 e. The second kappa shape index (κ2) is 14.2. The number of benzene rings is 1.